The minimum Gasteiger partial charge on any atom is -0.486 e. The highest BCUT2D eigenvalue weighted by Crippen LogP contribution is 2.32. The molecule has 124 valence electrons. The molecule has 1 saturated heterocycles. The van der Waals surface area contributed by atoms with Crippen molar-refractivity contribution in [2.45, 2.75) is 38.1 Å². The number of rotatable bonds is 4. The molecule has 0 aliphatic carbocycles. The van der Waals surface area contributed by atoms with E-state index in [-0.39, 0.29) is 18.4 Å². The summed E-state index contributed by atoms with van der Waals surface area (Å²) in [5.41, 5.74) is 0.566. The molecular formula is C17H21NO5. The van der Waals surface area contributed by atoms with Crippen molar-refractivity contribution in [3.05, 3.63) is 23.8 Å². The number of carboxylic acid groups (broad SMARTS) is 1. The van der Waals surface area contributed by atoms with Crippen molar-refractivity contribution < 1.29 is 24.2 Å². The Morgan fingerprint density at radius 2 is 1.96 bits per heavy atom. The molecular weight excluding hydrogens is 298 g/mol. The molecule has 0 spiro atoms. The normalized spacial score (nSPS) is 20.2. The van der Waals surface area contributed by atoms with Crippen LogP contribution in [0.5, 0.6) is 11.5 Å². The summed E-state index contributed by atoms with van der Waals surface area (Å²) in [4.78, 5) is 25.5. The van der Waals surface area contributed by atoms with Crippen LogP contribution in [0.2, 0.25) is 0 Å². The van der Waals surface area contributed by atoms with Crippen LogP contribution in [-0.2, 0) is 4.79 Å². The van der Waals surface area contributed by atoms with Gasteiger partial charge in [-0.1, -0.05) is 0 Å². The second-order valence-corrected chi connectivity index (χ2v) is 5.94. The fraction of sp³-hybridized carbons (Fsp3) is 0.529. The number of hydrogen-bond acceptors (Lipinski definition) is 4. The van der Waals surface area contributed by atoms with Crippen molar-refractivity contribution in [1.82, 2.24) is 4.90 Å². The second-order valence-electron chi connectivity index (χ2n) is 5.94. The van der Waals surface area contributed by atoms with Gasteiger partial charge in [-0.15, -0.1) is 0 Å². The minimum atomic E-state index is -0.817. The van der Waals surface area contributed by atoms with Crippen LogP contribution >= 0.6 is 0 Å². The Bertz CT molecular complexity index is 601. The molecule has 1 aromatic carbocycles. The van der Waals surface area contributed by atoms with Crippen LogP contribution in [0.25, 0.3) is 0 Å². The topological polar surface area (TPSA) is 76.1 Å². The lowest BCUT2D eigenvalue weighted by molar-refractivity contribution is -0.137. The first-order valence-corrected chi connectivity index (χ1v) is 8.07. The summed E-state index contributed by atoms with van der Waals surface area (Å²) in [6.45, 7) is 1.68. The number of amides is 1. The third kappa shape index (κ3) is 3.57. The molecule has 1 atom stereocenters. The van der Waals surface area contributed by atoms with Crippen molar-refractivity contribution in [2.24, 2.45) is 0 Å². The lowest BCUT2D eigenvalue weighted by atomic mass is 9.97. The van der Waals surface area contributed by atoms with Gasteiger partial charge in [-0.05, 0) is 43.9 Å². The average molecular weight is 319 g/mol. The smallest absolute Gasteiger partial charge is 0.303 e. The van der Waals surface area contributed by atoms with Crippen molar-refractivity contribution in [2.75, 3.05) is 19.8 Å². The summed E-state index contributed by atoms with van der Waals surface area (Å²) in [6.07, 6.45) is 3.46. The predicted octanol–water partition coefficient (Wildman–Crippen LogP) is 2.32. The number of benzene rings is 1. The van der Waals surface area contributed by atoms with Crippen LogP contribution in [0.1, 0.15) is 42.5 Å². The number of hydrogen-bond donors (Lipinski definition) is 1. The van der Waals surface area contributed by atoms with E-state index >= 15 is 0 Å². The molecule has 1 fully saturated rings. The molecule has 0 aromatic heterocycles. The second kappa shape index (κ2) is 6.89. The third-order valence-electron chi connectivity index (χ3n) is 4.37. The first-order valence-electron chi connectivity index (χ1n) is 8.07. The zero-order valence-corrected chi connectivity index (χ0v) is 13.0. The Kier molecular flexibility index (Phi) is 4.69. The number of nitrogens with zero attached hydrogens (tertiary/aromatic N) is 1. The van der Waals surface area contributed by atoms with Gasteiger partial charge >= 0.3 is 5.97 Å². The van der Waals surface area contributed by atoms with Gasteiger partial charge in [0.1, 0.15) is 13.2 Å². The zero-order valence-electron chi connectivity index (χ0n) is 13.0. The molecule has 2 aliphatic rings. The molecule has 2 heterocycles. The first-order chi connectivity index (χ1) is 11.1. The third-order valence-corrected chi connectivity index (χ3v) is 4.37. The van der Waals surface area contributed by atoms with Crippen LogP contribution in [0.15, 0.2) is 18.2 Å². The van der Waals surface area contributed by atoms with E-state index in [1.807, 2.05) is 4.90 Å². The largest absolute Gasteiger partial charge is 0.486 e. The summed E-state index contributed by atoms with van der Waals surface area (Å²) in [5.74, 6) is 0.384. The van der Waals surface area contributed by atoms with E-state index in [0.717, 1.165) is 19.3 Å². The van der Waals surface area contributed by atoms with Crippen LogP contribution in [-0.4, -0.2) is 47.7 Å². The van der Waals surface area contributed by atoms with Gasteiger partial charge in [0, 0.05) is 24.6 Å². The highest BCUT2D eigenvalue weighted by atomic mass is 16.6. The van der Waals surface area contributed by atoms with E-state index < -0.39 is 5.97 Å². The molecule has 3 rings (SSSR count). The maximum Gasteiger partial charge on any atom is 0.303 e. The number of likely N-dealkylation sites (tertiary alicyclic amines) is 1. The minimum absolute atomic E-state index is 0.000510. The van der Waals surface area contributed by atoms with Gasteiger partial charge in [0.2, 0.25) is 0 Å². The van der Waals surface area contributed by atoms with Crippen LogP contribution in [0.3, 0.4) is 0 Å². The maximum atomic E-state index is 12.8. The highest BCUT2D eigenvalue weighted by molar-refractivity contribution is 5.95. The predicted molar refractivity (Wildman–Crippen MR) is 83.0 cm³/mol. The highest BCUT2D eigenvalue weighted by Gasteiger charge is 2.28. The van der Waals surface area contributed by atoms with Gasteiger partial charge in [0.05, 0.1) is 0 Å². The number of fused-ring (bicyclic) bond motifs is 1. The van der Waals surface area contributed by atoms with Crippen molar-refractivity contribution in [3.8, 4) is 11.5 Å². The Labute approximate surface area is 135 Å². The van der Waals surface area contributed by atoms with Gasteiger partial charge in [-0.25, -0.2) is 0 Å². The number of carboxylic acids is 1. The number of ether oxygens (including phenoxy) is 2. The van der Waals surface area contributed by atoms with E-state index in [0.29, 0.717) is 43.2 Å². The van der Waals surface area contributed by atoms with Crippen molar-refractivity contribution in [1.29, 1.82) is 0 Å². The molecule has 2 aliphatic heterocycles. The first kappa shape index (κ1) is 15.6. The summed E-state index contributed by atoms with van der Waals surface area (Å²) in [5, 5.41) is 8.88. The Hall–Kier alpha value is -2.24. The number of aliphatic carboxylic acids is 1. The summed E-state index contributed by atoms with van der Waals surface area (Å²) in [6, 6.07) is 5.23. The monoisotopic (exact) mass is 319 g/mol. The Morgan fingerprint density at radius 1 is 1.17 bits per heavy atom. The summed E-state index contributed by atoms with van der Waals surface area (Å²) in [7, 11) is 0. The quantitative estimate of drug-likeness (QED) is 0.921. The molecule has 0 radical (unpaired) electrons. The van der Waals surface area contributed by atoms with Crippen LogP contribution < -0.4 is 9.47 Å². The summed E-state index contributed by atoms with van der Waals surface area (Å²) < 4.78 is 11.0. The number of carbonyl (C=O) groups excluding carboxylic acids is 1. The van der Waals surface area contributed by atoms with Crippen molar-refractivity contribution >= 4 is 11.9 Å². The van der Waals surface area contributed by atoms with Crippen LogP contribution in [0, 0.1) is 0 Å². The van der Waals surface area contributed by atoms with Gasteiger partial charge < -0.3 is 19.5 Å². The SMILES string of the molecule is O=C(O)CCC1CCCCN1C(=O)c1ccc2c(c1)OCCO2. The Morgan fingerprint density at radius 3 is 2.74 bits per heavy atom. The average Bonchev–Trinajstić information content (AvgIpc) is 2.59. The van der Waals surface area contributed by atoms with Gasteiger partial charge in [0.15, 0.2) is 11.5 Å². The molecule has 6 nitrogen and oxygen atoms in total. The van der Waals surface area contributed by atoms with E-state index in [9.17, 15) is 9.59 Å². The Balaban J connectivity index is 1.75. The molecule has 1 N–H and O–H groups in total. The van der Waals surface area contributed by atoms with E-state index in [1.54, 1.807) is 18.2 Å². The van der Waals surface area contributed by atoms with Gasteiger partial charge in [-0.2, -0.15) is 0 Å². The molecule has 0 saturated carbocycles. The lowest BCUT2D eigenvalue weighted by Crippen LogP contribution is -2.44. The number of carbonyl (C=O) groups is 2. The molecule has 6 heteroatoms. The molecule has 1 aromatic rings. The van der Waals surface area contributed by atoms with Gasteiger partial charge in [-0.3, -0.25) is 9.59 Å². The van der Waals surface area contributed by atoms with E-state index in [4.69, 9.17) is 14.6 Å². The van der Waals surface area contributed by atoms with Crippen LogP contribution in [0.4, 0.5) is 0 Å². The number of piperidine rings is 1. The molecule has 1 unspecified atom stereocenters. The maximum absolute atomic E-state index is 12.8. The van der Waals surface area contributed by atoms with Crippen molar-refractivity contribution in [3.63, 3.8) is 0 Å². The zero-order chi connectivity index (χ0) is 16.2. The summed E-state index contributed by atoms with van der Waals surface area (Å²) >= 11 is 0. The lowest BCUT2D eigenvalue weighted by Gasteiger charge is -2.36. The standard InChI is InChI=1S/C17H21NO5/c19-16(20)7-5-13-3-1-2-8-18(13)17(21)12-4-6-14-15(11-12)23-10-9-22-14/h4,6,11,13H,1-3,5,7-10H2,(H,19,20). The molecule has 23 heavy (non-hydrogen) atoms. The molecule has 1 amide bonds. The van der Waals surface area contributed by atoms with E-state index in [2.05, 4.69) is 0 Å². The fourth-order valence-corrected chi connectivity index (χ4v) is 3.20. The van der Waals surface area contributed by atoms with Gasteiger partial charge in [0.25, 0.3) is 5.91 Å². The van der Waals surface area contributed by atoms with E-state index in [1.165, 1.54) is 0 Å². The molecule has 0 bridgehead atoms. The fourth-order valence-electron chi connectivity index (χ4n) is 3.20.